The first-order chi connectivity index (χ1) is 11.9. The lowest BCUT2D eigenvalue weighted by Crippen LogP contribution is -2.13. The molecule has 8 heteroatoms. The molecule has 0 spiro atoms. The molecule has 0 saturated heterocycles. The Bertz CT molecular complexity index is 943. The van der Waals surface area contributed by atoms with Gasteiger partial charge >= 0.3 is 0 Å². The number of carbonyl (C=O) groups is 1. The quantitative estimate of drug-likeness (QED) is 0.649. The van der Waals surface area contributed by atoms with Gasteiger partial charge in [-0.05, 0) is 35.9 Å². The molecule has 3 rings (SSSR count). The fraction of sp³-hybridized carbons (Fsp3) is 0.0588. The van der Waals surface area contributed by atoms with Gasteiger partial charge in [-0.15, -0.1) is 0 Å². The smallest absolute Gasteiger partial charge is 0.258 e. The summed E-state index contributed by atoms with van der Waals surface area (Å²) in [6.07, 6.45) is 1.68. The lowest BCUT2D eigenvalue weighted by molar-refractivity contribution is 0.102. The van der Waals surface area contributed by atoms with E-state index in [1.807, 2.05) is 0 Å². The molecule has 1 heterocycles. The average Bonchev–Trinajstić information content (AvgIpc) is 2.97. The van der Waals surface area contributed by atoms with E-state index in [9.17, 15) is 9.18 Å². The summed E-state index contributed by atoms with van der Waals surface area (Å²) in [5.74, 6) is -0.442. The highest BCUT2D eigenvalue weighted by Gasteiger charge is 2.12. The van der Waals surface area contributed by atoms with E-state index in [2.05, 4.69) is 10.4 Å². The van der Waals surface area contributed by atoms with Crippen molar-refractivity contribution in [2.24, 2.45) is 0 Å². The molecule has 25 heavy (non-hydrogen) atoms. The van der Waals surface area contributed by atoms with Crippen LogP contribution < -0.4 is 5.32 Å². The minimum Gasteiger partial charge on any atom is -0.305 e. The highest BCUT2D eigenvalue weighted by Crippen LogP contribution is 2.22. The monoisotopic (exact) mass is 397 g/mol. The summed E-state index contributed by atoms with van der Waals surface area (Å²) < 4.78 is 14.7. The van der Waals surface area contributed by atoms with Crippen LogP contribution >= 0.6 is 34.8 Å². The number of hydrogen-bond acceptors (Lipinski definition) is 2. The van der Waals surface area contributed by atoms with Crippen LogP contribution in [0.15, 0.2) is 48.7 Å². The second-order valence-corrected chi connectivity index (χ2v) is 6.46. The maximum absolute atomic E-state index is 13.1. The van der Waals surface area contributed by atoms with E-state index in [1.54, 1.807) is 29.1 Å². The first kappa shape index (κ1) is 17.7. The molecule has 1 N–H and O–H groups in total. The summed E-state index contributed by atoms with van der Waals surface area (Å²) >= 11 is 17.8. The number of nitrogens with zero attached hydrogens (tertiary/aromatic N) is 2. The van der Waals surface area contributed by atoms with Gasteiger partial charge in [-0.3, -0.25) is 9.48 Å². The van der Waals surface area contributed by atoms with Gasteiger partial charge < -0.3 is 5.32 Å². The Kier molecular flexibility index (Phi) is 5.27. The van der Waals surface area contributed by atoms with Gasteiger partial charge in [0.25, 0.3) is 5.91 Å². The fourth-order valence-corrected chi connectivity index (χ4v) is 2.92. The number of anilines is 1. The Morgan fingerprint density at radius 3 is 2.60 bits per heavy atom. The lowest BCUT2D eigenvalue weighted by Gasteiger charge is -2.06. The van der Waals surface area contributed by atoms with Gasteiger partial charge in [0.15, 0.2) is 5.82 Å². The number of halogens is 4. The molecule has 2 aromatic carbocycles. The van der Waals surface area contributed by atoms with Crippen molar-refractivity contribution in [1.82, 2.24) is 9.78 Å². The van der Waals surface area contributed by atoms with E-state index in [0.717, 1.165) is 0 Å². The third-order valence-electron chi connectivity index (χ3n) is 3.41. The second-order valence-electron chi connectivity index (χ2n) is 5.21. The van der Waals surface area contributed by atoms with Crippen LogP contribution in [0.2, 0.25) is 15.1 Å². The summed E-state index contributed by atoms with van der Waals surface area (Å²) in [5.41, 5.74) is 1.01. The van der Waals surface area contributed by atoms with Crippen LogP contribution in [0.1, 0.15) is 15.9 Å². The molecule has 0 unspecified atom stereocenters. The van der Waals surface area contributed by atoms with Crippen molar-refractivity contribution in [3.63, 3.8) is 0 Å². The molecule has 0 saturated carbocycles. The molecule has 4 nitrogen and oxygen atoms in total. The molecular formula is C17H11Cl3FN3O. The van der Waals surface area contributed by atoms with Crippen LogP contribution in [0.25, 0.3) is 0 Å². The Labute approximate surface area is 158 Å². The highest BCUT2D eigenvalue weighted by molar-refractivity contribution is 6.37. The van der Waals surface area contributed by atoms with Crippen molar-refractivity contribution in [1.29, 1.82) is 0 Å². The zero-order chi connectivity index (χ0) is 18.0. The topological polar surface area (TPSA) is 46.9 Å². The molecule has 128 valence electrons. The number of aromatic nitrogens is 2. The molecule has 0 aliphatic carbocycles. The van der Waals surface area contributed by atoms with Crippen LogP contribution in [0.4, 0.5) is 10.2 Å². The first-order valence-corrected chi connectivity index (χ1v) is 8.29. The van der Waals surface area contributed by atoms with Crippen LogP contribution in [-0.4, -0.2) is 15.7 Å². The summed E-state index contributed by atoms with van der Waals surface area (Å²) in [7, 11) is 0. The molecule has 3 aromatic rings. The van der Waals surface area contributed by atoms with Gasteiger partial charge in [-0.1, -0.05) is 40.9 Å². The van der Waals surface area contributed by atoms with Crippen LogP contribution in [0.3, 0.4) is 0 Å². The second kappa shape index (κ2) is 7.44. The Morgan fingerprint density at radius 2 is 1.88 bits per heavy atom. The average molecular weight is 399 g/mol. The number of carbonyl (C=O) groups excluding carboxylic acids is 1. The zero-order valence-electron chi connectivity index (χ0n) is 12.6. The fourth-order valence-electron chi connectivity index (χ4n) is 2.20. The van der Waals surface area contributed by atoms with E-state index >= 15 is 0 Å². The van der Waals surface area contributed by atoms with E-state index < -0.39 is 11.7 Å². The minimum absolute atomic E-state index is 0.252. The molecule has 0 fully saturated rings. The standard InChI is InChI=1S/C17H11Cl3FN3O/c18-11-2-4-13(15(20)7-11)17(25)22-16-5-6-24(23-16)9-10-1-3-12(21)8-14(10)19/h1-8H,9H2,(H,22,23,25). The van der Waals surface area contributed by atoms with Gasteiger partial charge in [0, 0.05) is 22.3 Å². The van der Waals surface area contributed by atoms with E-state index in [4.69, 9.17) is 34.8 Å². The molecular weight excluding hydrogens is 388 g/mol. The molecule has 0 atom stereocenters. The molecule has 0 aliphatic rings. The lowest BCUT2D eigenvalue weighted by atomic mass is 10.2. The molecule has 0 radical (unpaired) electrons. The number of amides is 1. The number of hydrogen-bond donors (Lipinski definition) is 1. The van der Waals surface area contributed by atoms with Crippen molar-refractivity contribution in [2.75, 3.05) is 5.32 Å². The third-order valence-corrected chi connectivity index (χ3v) is 4.31. The van der Waals surface area contributed by atoms with Gasteiger partial charge in [0.05, 0.1) is 17.1 Å². The predicted molar refractivity (Wildman–Crippen MR) is 97.2 cm³/mol. The van der Waals surface area contributed by atoms with E-state index in [0.29, 0.717) is 33.5 Å². The Balaban J connectivity index is 1.72. The number of rotatable bonds is 4. The van der Waals surface area contributed by atoms with Crippen molar-refractivity contribution < 1.29 is 9.18 Å². The highest BCUT2D eigenvalue weighted by atomic mass is 35.5. The predicted octanol–water partition coefficient (Wildman–Crippen LogP) is 5.28. The SMILES string of the molecule is O=C(Nc1ccn(Cc2ccc(F)cc2Cl)n1)c1ccc(Cl)cc1Cl. The van der Waals surface area contributed by atoms with Crippen molar-refractivity contribution in [3.8, 4) is 0 Å². The van der Waals surface area contributed by atoms with Gasteiger partial charge in [0.1, 0.15) is 5.82 Å². The molecule has 1 aromatic heterocycles. The van der Waals surface area contributed by atoms with Crippen molar-refractivity contribution in [2.45, 2.75) is 6.54 Å². The summed E-state index contributed by atoms with van der Waals surface area (Å²) in [5, 5.41) is 7.91. The van der Waals surface area contributed by atoms with Crippen molar-refractivity contribution >= 4 is 46.5 Å². The molecule has 0 bridgehead atoms. The van der Waals surface area contributed by atoms with Gasteiger partial charge in [-0.25, -0.2) is 4.39 Å². The molecule has 0 aliphatic heterocycles. The third kappa shape index (κ3) is 4.31. The maximum Gasteiger partial charge on any atom is 0.258 e. The number of nitrogens with one attached hydrogen (secondary N) is 1. The number of benzene rings is 2. The Hall–Kier alpha value is -2.08. The van der Waals surface area contributed by atoms with E-state index in [1.165, 1.54) is 24.3 Å². The van der Waals surface area contributed by atoms with Crippen LogP contribution in [0.5, 0.6) is 0 Å². The summed E-state index contributed by atoms with van der Waals surface area (Å²) in [4.78, 5) is 12.3. The van der Waals surface area contributed by atoms with Gasteiger partial charge in [-0.2, -0.15) is 5.10 Å². The normalized spacial score (nSPS) is 10.7. The maximum atomic E-state index is 13.1. The van der Waals surface area contributed by atoms with Crippen LogP contribution in [-0.2, 0) is 6.54 Å². The minimum atomic E-state index is -0.401. The zero-order valence-corrected chi connectivity index (χ0v) is 14.9. The summed E-state index contributed by atoms with van der Waals surface area (Å²) in [6.45, 7) is 0.344. The van der Waals surface area contributed by atoms with E-state index in [-0.39, 0.29) is 5.02 Å². The largest absolute Gasteiger partial charge is 0.305 e. The summed E-state index contributed by atoms with van der Waals surface area (Å²) in [6, 6.07) is 10.4. The Morgan fingerprint density at radius 1 is 1.08 bits per heavy atom. The van der Waals surface area contributed by atoms with Gasteiger partial charge in [0.2, 0.25) is 0 Å². The first-order valence-electron chi connectivity index (χ1n) is 7.16. The van der Waals surface area contributed by atoms with Crippen LogP contribution in [0, 0.1) is 5.82 Å². The molecule has 1 amide bonds. The van der Waals surface area contributed by atoms with Crippen molar-refractivity contribution in [3.05, 3.63) is 80.7 Å².